The van der Waals surface area contributed by atoms with Gasteiger partial charge in [-0.15, -0.1) is 0 Å². The lowest BCUT2D eigenvalue weighted by Crippen LogP contribution is -2.40. The van der Waals surface area contributed by atoms with Crippen LogP contribution in [0.15, 0.2) is 66.7 Å². The first-order valence-electron chi connectivity index (χ1n) is 11.5. The number of non-ortho nitro benzene ring substituents is 1. The van der Waals surface area contributed by atoms with E-state index in [0.717, 1.165) is 28.8 Å². The van der Waals surface area contributed by atoms with E-state index in [9.17, 15) is 14.9 Å². The highest BCUT2D eigenvalue weighted by Crippen LogP contribution is 2.43. The SMILES string of the molecule is COc1cc2c(cc1OC)[C@H](N(Cc1ccccc1)C(=O)Cc1ccc([N+](=O)[O-])cc1)C[C@H](C)N2. The Kier molecular flexibility index (Phi) is 7.19. The standard InChI is InChI=1S/C27H29N3O5/c1-18-13-24(22-15-25(34-2)26(35-3)16-23(22)28-18)29(17-20-7-5-4-6-8-20)27(31)14-19-9-11-21(12-10-19)30(32)33/h4-12,15-16,18,24,28H,13-14,17H2,1-3H3/t18-,24+/m0/s1. The molecular formula is C27H29N3O5. The number of benzene rings is 3. The van der Waals surface area contributed by atoms with Crippen LogP contribution in [0.25, 0.3) is 0 Å². The normalized spacial score (nSPS) is 16.5. The third-order valence-corrected chi connectivity index (χ3v) is 6.29. The van der Waals surface area contributed by atoms with Crippen LogP contribution in [-0.2, 0) is 17.8 Å². The lowest BCUT2D eigenvalue weighted by atomic mass is 9.91. The van der Waals surface area contributed by atoms with Gasteiger partial charge in [0.1, 0.15) is 0 Å². The van der Waals surface area contributed by atoms with E-state index < -0.39 is 4.92 Å². The van der Waals surface area contributed by atoms with Gasteiger partial charge < -0.3 is 19.7 Å². The first-order chi connectivity index (χ1) is 16.9. The summed E-state index contributed by atoms with van der Waals surface area (Å²) in [5.41, 5.74) is 3.64. The third kappa shape index (κ3) is 5.37. The van der Waals surface area contributed by atoms with Crippen LogP contribution in [0.5, 0.6) is 11.5 Å². The molecule has 1 aliphatic rings. The Morgan fingerprint density at radius 2 is 1.69 bits per heavy atom. The number of nitro benzene ring substituents is 1. The monoisotopic (exact) mass is 475 g/mol. The van der Waals surface area contributed by atoms with Crippen LogP contribution in [0.1, 0.15) is 36.1 Å². The van der Waals surface area contributed by atoms with Crippen LogP contribution < -0.4 is 14.8 Å². The zero-order valence-corrected chi connectivity index (χ0v) is 20.1. The number of methoxy groups -OCH3 is 2. The lowest BCUT2D eigenvalue weighted by Gasteiger charge is -2.39. The van der Waals surface area contributed by atoms with Gasteiger partial charge in [0, 0.05) is 42.0 Å². The number of fused-ring (bicyclic) bond motifs is 1. The van der Waals surface area contributed by atoms with E-state index in [1.165, 1.54) is 12.1 Å². The van der Waals surface area contributed by atoms with E-state index in [2.05, 4.69) is 12.2 Å². The number of ether oxygens (including phenoxy) is 2. The van der Waals surface area contributed by atoms with E-state index in [4.69, 9.17) is 9.47 Å². The number of nitro groups is 1. The average molecular weight is 476 g/mol. The molecule has 0 radical (unpaired) electrons. The number of hydrogen-bond acceptors (Lipinski definition) is 6. The molecule has 3 aromatic carbocycles. The predicted molar refractivity (Wildman–Crippen MR) is 134 cm³/mol. The lowest BCUT2D eigenvalue weighted by molar-refractivity contribution is -0.384. The highest BCUT2D eigenvalue weighted by atomic mass is 16.6. The summed E-state index contributed by atoms with van der Waals surface area (Å²) in [6, 6.07) is 19.8. The summed E-state index contributed by atoms with van der Waals surface area (Å²) < 4.78 is 11.0. The number of hydrogen-bond donors (Lipinski definition) is 1. The molecular weight excluding hydrogens is 446 g/mol. The summed E-state index contributed by atoms with van der Waals surface area (Å²) in [5, 5.41) is 14.5. The number of carbonyl (C=O) groups excluding carboxylic acids is 1. The molecule has 2 atom stereocenters. The van der Waals surface area contributed by atoms with Crippen LogP contribution in [0, 0.1) is 10.1 Å². The summed E-state index contributed by atoms with van der Waals surface area (Å²) in [7, 11) is 3.20. The van der Waals surface area contributed by atoms with Crippen molar-refractivity contribution in [3.8, 4) is 11.5 Å². The first kappa shape index (κ1) is 24.1. The fourth-order valence-corrected chi connectivity index (χ4v) is 4.54. The highest BCUT2D eigenvalue weighted by molar-refractivity contribution is 5.80. The van der Waals surface area contributed by atoms with E-state index >= 15 is 0 Å². The smallest absolute Gasteiger partial charge is 0.269 e. The van der Waals surface area contributed by atoms with Crippen molar-refractivity contribution in [1.29, 1.82) is 0 Å². The number of rotatable bonds is 8. The van der Waals surface area contributed by atoms with Crippen LogP contribution >= 0.6 is 0 Å². The molecule has 8 nitrogen and oxygen atoms in total. The molecule has 182 valence electrons. The van der Waals surface area contributed by atoms with Gasteiger partial charge in [-0.3, -0.25) is 14.9 Å². The second-order valence-corrected chi connectivity index (χ2v) is 8.70. The Morgan fingerprint density at radius 1 is 1.03 bits per heavy atom. The van der Waals surface area contributed by atoms with Gasteiger partial charge in [-0.05, 0) is 30.5 Å². The molecule has 0 bridgehead atoms. The molecule has 0 spiro atoms. The van der Waals surface area contributed by atoms with E-state index in [1.807, 2.05) is 47.4 Å². The Hall–Kier alpha value is -4.07. The van der Waals surface area contributed by atoms with Crippen LogP contribution in [0.2, 0.25) is 0 Å². The van der Waals surface area contributed by atoms with Crippen molar-refractivity contribution in [2.24, 2.45) is 0 Å². The molecule has 4 rings (SSSR count). The second kappa shape index (κ2) is 10.5. The number of nitrogens with zero attached hydrogens (tertiary/aromatic N) is 2. The van der Waals surface area contributed by atoms with Crippen molar-refractivity contribution in [3.63, 3.8) is 0 Å². The Labute approximate surface area is 204 Å². The molecule has 1 heterocycles. The van der Waals surface area contributed by atoms with E-state index in [0.29, 0.717) is 18.0 Å². The summed E-state index contributed by atoms with van der Waals surface area (Å²) in [4.78, 5) is 26.2. The fourth-order valence-electron chi connectivity index (χ4n) is 4.54. The van der Waals surface area contributed by atoms with Gasteiger partial charge in [0.25, 0.3) is 5.69 Å². The zero-order valence-electron chi connectivity index (χ0n) is 20.1. The maximum atomic E-state index is 13.7. The predicted octanol–water partition coefficient (Wildman–Crippen LogP) is 5.13. The van der Waals surface area contributed by atoms with Crippen molar-refractivity contribution < 1.29 is 19.2 Å². The summed E-state index contributed by atoms with van der Waals surface area (Å²) in [6.45, 7) is 2.53. The molecule has 0 fully saturated rings. The average Bonchev–Trinajstić information content (AvgIpc) is 2.86. The minimum Gasteiger partial charge on any atom is -0.493 e. The van der Waals surface area contributed by atoms with E-state index in [-0.39, 0.29) is 30.1 Å². The zero-order chi connectivity index (χ0) is 24.9. The molecule has 1 aliphatic heterocycles. The summed E-state index contributed by atoms with van der Waals surface area (Å²) in [6.07, 6.45) is 0.868. The Morgan fingerprint density at radius 3 is 2.31 bits per heavy atom. The third-order valence-electron chi connectivity index (χ3n) is 6.29. The summed E-state index contributed by atoms with van der Waals surface area (Å²) >= 11 is 0. The van der Waals surface area contributed by atoms with Crippen molar-refractivity contribution in [3.05, 3.63) is 93.5 Å². The van der Waals surface area contributed by atoms with Crippen LogP contribution in [0.3, 0.4) is 0 Å². The molecule has 0 aromatic heterocycles. The fraction of sp³-hybridized carbons (Fsp3) is 0.296. The largest absolute Gasteiger partial charge is 0.493 e. The molecule has 8 heteroatoms. The molecule has 1 N–H and O–H groups in total. The van der Waals surface area contributed by atoms with Gasteiger partial charge in [-0.2, -0.15) is 0 Å². The molecule has 1 amide bonds. The minimum absolute atomic E-state index is 0.00416. The quantitative estimate of drug-likeness (QED) is 0.359. The Bertz CT molecular complexity index is 1200. The van der Waals surface area contributed by atoms with Crippen molar-refractivity contribution in [1.82, 2.24) is 4.90 Å². The maximum Gasteiger partial charge on any atom is 0.269 e. The van der Waals surface area contributed by atoms with Crippen LogP contribution in [-0.4, -0.2) is 36.0 Å². The molecule has 0 saturated heterocycles. The van der Waals surface area contributed by atoms with E-state index in [1.54, 1.807) is 26.4 Å². The van der Waals surface area contributed by atoms with Gasteiger partial charge in [-0.25, -0.2) is 0 Å². The molecule has 0 unspecified atom stereocenters. The topological polar surface area (TPSA) is 93.9 Å². The first-order valence-corrected chi connectivity index (χ1v) is 11.5. The molecule has 0 aliphatic carbocycles. The second-order valence-electron chi connectivity index (χ2n) is 8.70. The van der Waals surface area contributed by atoms with Gasteiger partial charge in [-0.1, -0.05) is 42.5 Å². The molecule has 3 aromatic rings. The highest BCUT2D eigenvalue weighted by Gasteiger charge is 2.33. The maximum absolute atomic E-state index is 13.7. The van der Waals surface area contributed by atoms with Crippen LogP contribution in [0.4, 0.5) is 11.4 Å². The molecule has 0 saturated carbocycles. The number of amides is 1. The molecule has 35 heavy (non-hydrogen) atoms. The van der Waals surface area contributed by atoms with Crippen molar-refractivity contribution in [2.75, 3.05) is 19.5 Å². The van der Waals surface area contributed by atoms with Gasteiger partial charge in [0.2, 0.25) is 5.91 Å². The Balaban J connectivity index is 1.71. The number of anilines is 1. The van der Waals surface area contributed by atoms with Gasteiger partial charge >= 0.3 is 0 Å². The minimum atomic E-state index is -0.442. The van der Waals surface area contributed by atoms with Crippen molar-refractivity contribution in [2.45, 2.75) is 38.4 Å². The van der Waals surface area contributed by atoms with Gasteiger partial charge in [0.15, 0.2) is 11.5 Å². The van der Waals surface area contributed by atoms with Crippen molar-refractivity contribution >= 4 is 17.3 Å². The van der Waals surface area contributed by atoms with Gasteiger partial charge in [0.05, 0.1) is 31.6 Å². The summed E-state index contributed by atoms with van der Waals surface area (Å²) in [5.74, 6) is 1.18. The number of carbonyl (C=O) groups is 1. The number of nitrogens with one attached hydrogen (secondary N) is 1.